The van der Waals surface area contributed by atoms with Gasteiger partial charge in [0.05, 0.1) is 5.75 Å². The van der Waals surface area contributed by atoms with E-state index in [0.717, 1.165) is 6.42 Å². The van der Waals surface area contributed by atoms with Crippen molar-refractivity contribution in [1.29, 1.82) is 0 Å². The third-order valence-electron chi connectivity index (χ3n) is 2.12. The summed E-state index contributed by atoms with van der Waals surface area (Å²) in [6, 6.07) is 0.00535. The lowest BCUT2D eigenvalue weighted by Crippen LogP contribution is -2.33. The summed E-state index contributed by atoms with van der Waals surface area (Å²) >= 11 is 5.44. The Labute approximate surface area is 84.1 Å². The first-order chi connectivity index (χ1) is 6.06. The summed E-state index contributed by atoms with van der Waals surface area (Å²) in [5.41, 5.74) is 5.62. The second kappa shape index (κ2) is 4.59. The molecule has 78 valence electrons. The molecule has 4 nitrogen and oxygen atoms in total. The van der Waals surface area contributed by atoms with E-state index < -0.39 is 10.0 Å². The number of rotatable bonds is 4. The van der Waals surface area contributed by atoms with Crippen LogP contribution in [0.5, 0.6) is 0 Å². The Morgan fingerprint density at radius 1 is 1.54 bits per heavy atom. The summed E-state index contributed by atoms with van der Waals surface area (Å²) < 4.78 is 24.6. The van der Waals surface area contributed by atoms with Crippen LogP contribution in [-0.4, -0.2) is 43.5 Å². The van der Waals surface area contributed by atoms with Gasteiger partial charge in [-0.15, -0.1) is 11.6 Å². The lowest BCUT2D eigenvalue weighted by atomic mass is 10.3. The van der Waals surface area contributed by atoms with E-state index in [-0.39, 0.29) is 11.8 Å². The second-order valence-corrected chi connectivity index (χ2v) is 5.73. The summed E-state index contributed by atoms with van der Waals surface area (Å²) in [6.07, 6.45) is 1.27. The molecule has 0 radical (unpaired) electrons. The zero-order chi connectivity index (χ0) is 9.90. The van der Waals surface area contributed by atoms with Gasteiger partial charge in [0, 0.05) is 25.0 Å². The standard InChI is InChI=1S/C7H15ClN2O2S/c8-3-1-5-13(11,12)10-4-2-7(9)6-10/h7H,1-6,9H2/t7-/m1/s1. The van der Waals surface area contributed by atoms with Gasteiger partial charge in [-0.1, -0.05) is 0 Å². The van der Waals surface area contributed by atoms with Crippen LogP contribution in [0.1, 0.15) is 12.8 Å². The first kappa shape index (κ1) is 11.2. The highest BCUT2D eigenvalue weighted by Crippen LogP contribution is 2.13. The van der Waals surface area contributed by atoms with Crippen molar-refractivity contribution in [3.05, 3.63) is 0 Å². The molecule has 0 bridgehead atoms. The Hall–Kier alpha value is 0.160. The van der Waals surface area contributed by atoms with E-state index in [4.69, 9.17) is 17.3 Å². The van der Waals surface area contributed by atoms with Crippen LogP contribution >= 0.6 is 11.6 Å². The number of sulfonamides is 1. The van der Waals surface area contributed by atoms with E-state index in [1.807, 2.05) is 0 Å². The molecule has 1 aliphatic rings. The summed E-state index contributed by atoms with van der Waals surface area (Å²) in [5.74, 6) is 0.530. The first-order valence-corrected chi connectivity index (χ1v) is 6.50. The number of halogens is 1. The molecule has 0 aromatic heterocycles. The van der Waals surface area contributed by atoms with Crippen LogP contribution in [0.2, 0.25) is 0 Å². The Morgan fingerprint density at radius 2 is 2.23 bits per heavy atom. The lowest BCUT2D eigenvalue weighted by Gasteiger charge is -2.14. The van der Waals surface area contributed by atoms with Crippen molar-refractivity contribution in [2.24, 2.45) is 5.73 Å². The molecule has 2 N–H and O–H groups in total. The SMILES string of the molecule is N[C@@H]1CCN(S(=O)(=O)CCCCl)C1. The van der Waals surface area contributed by atoms with Crippen molar-refractivity contribution in [2.45, 2.75) is 18.9 Å². The molecule has 1 saturated heterocycles. The largest absolute Gasteiger partial charge is 0.326 e. The minimum absolute atomic E-state index is 0.00535. The molecule has 13 heavy (non-hydrogen) atoms. The minimum atomic E-state index is -3.09. The Kier molecular flexibility index (Phi) is 3.97. The topological polar surface area (TPSA) is 63.4 Å². The third-order valence-corrected chi connectivity index (χ3v) is 4.31. The number of hydrogen-bond acceptors (Lipinski definition) is 3. The van der Waals surface area contributed by atoms with E-state index in [1.54, 1.807) is 0 Å². The molecule has 0 aliphatic carbocycles. The van der Waals surface area contributed by atoms with E-state index in [0.29, 0.717) is 25.4 Å². The predicted octanol–water partition coefficient (Wildman–Crippen LogP) is -0.0219. The van der Waals surface area contributed by atoms with Gasteiger partial charge in [0.2, 0.25) is 10.0 Å². The fourth-order valence-electron chi connectivity index (χ4n) is 1.37. The molecule has 6 heteroatoms. The first-order valence-electron chi connectivity index (χ1n) is 4.35. The average molecular weight is 227 g/mol. The minimum Gasteiger partial charge on any atom is -0.326 e. The third kappa shape index (κ3) is 3.09. The monoisotopic (exact) mass is 226 g/mol. The predicted molar refractivity (Wildman–Crippen MR) is 53.3 cm³/mol. The molecule has 0 amide bonds. The van der Waals surface area contributed by atoms with Gasteiger partial charge in [-0.25, -0.2) is 12.7 Å². The highest BCUT2D eigenvalue weighted by atomic mass is 35.5. The van der Waals surface area contributed by atoms with Crippen LogP contribution < -0.4 is 5.73 Å². The van der Waals surface area contributed by atoms with E-state index in [9.17, 15) is 8.42 Å². The van der Waals surface area contributed by atoms with Crippen LogP contribution in [-0.2, 0) is 10.0 Å². The van der Waals surface area contributed by atoms with Crippen molar-refractivity contribution < 1.29 is 8.42 Å². The molecule has 1 atom stereocenters. The Bertz CT molecular complexity index is 255. The molecule has 0 unspecified atom stereocenters. The second-order valence-electron chi connectivity index (χ2n) is 3.27. The zero-order valence-electron chi connectivity index (χ0n) is 7.45. The van der Waals surface area contributed by atoms with Gasteiger partial charge in [0.1, 0.15) is 0 Å². The molecular formula is C7H15ClN2O2S. The molecular weight excluding hydrogens is 212 g/mol. The van der Waals surface area contributed by atoms with Crippen LogP contribution in [0.15, 0.2) is 0 Å². The number of nitrogens with zero attached hydrogens (tertiary/aromatic N) is 1. The van der Waals surface area contributed by atoms with Crippen LogP contribution in [0.3, 0.4) is 0 Å². The molecule has 1 rings (SSSR count). The molecule has 1 heterocycles. The average Bonchev–Trinajstić information content (AvgIpc) is 2.49. The molecule has 0 aromatic carbocycles. The van der Waals surface area contributed by atoms with Crippen molar-refractivity contribution in [3.8, 4) is 0 Å². The van der Waals surface area contributed by atoms with Gasteiger partial charge in [-0.3, -0.25) is 0 Å². The van der Waals surface area contributed by atoms with Crippen molar-refractivity contribution in [2.75, 3.05) is 24.7 Å². The Balaban J connectivity index is 2.50. The summed E-state index contributed by atoms with van der Waals surface area (Å²) in [7, 11) is -3.09. The highest BCUT2D eigenvalue weighted by molar-refractivity contribution is 7.89. The quantitative estimate of drug-likeness (QED) is 0.686. The smallest absolute Gasteiger partial charge is 0.214 e. The van der Waals surface area contributed by atoms with Crippen molar-refractivity contribution in [3.63, 3.8) is 0 Å². The molecule has 0 saturated carbocycles. The Morgan fingerprint density at radius 3 is 2.69 bits per heavy atom. The zero-order valence-corrected chi connectivity index (χ0v) is 9.02. The van der Waals surface area contributed by atoms with Gasteiger partial charge < -0.3 is 5.73 Å². The van der Waals surface area contributed by atoms with Gasteiger partial charge in [0.15, 0.2) is 0 Å². The van der Waals surface area contributed by atoms with Crippen molar-refractivity contribution in [1.82, 2.24) is 4.31 Å². The van der Waals surface area contributed by atoms with Crippen LogP contribution in [0, 0.1) is 0 Å². The maximum Gasteiger partial charge on any atom is 0.214 e. The molecule has 0 aromatic rings. The van der Waals surface area contributed by atoms with E-state index in [1.165, 1.54) is 4.31 Å². The van der Waals surface area contributed by atoms with Gasteiger partial charge in [-0.2, -0.15) is 0 Å². The molecule has 1 aliphatic heterocycles. The highest BCUT2D eigenvalue weighted by Gasteiger charge is 2.28. The fraction of sp³-hybridized carbons (Fsp3) is 1.00. The van der Waals surface area contributed by atoms with Gasteiger partial charge >= 0.3 is 0 Å². The lowest BCUT2D eigenvalue weighted by molar-refractivity contribution is 0.472. The summed E-state index contributed by atoms with van der Waals surface area (Å²) in [4.78, 5) is 0. The van der Waals surface area contributed by atoms with E-state index >= 15 is 0 Å². The number of alkyl halides is 1. The van der Waals surface area contributed by atoms with Crippen LogP contribution in [0.4, 0.5) is 0 Å². The molecule has 0 spiro atoms. The van der Waals surface area contributed by atoms with E-state index in [2.05, 4.69) is 0 Å². The van der Waals surface area contributed by atoms with Gasteiger partial charge in [-0.05, 0) is 12.8 Å². The van der Waals surface area contributed by atoms with Crippen molar-refractivity contribution >= 4 is 21.6 Å². The maximum absolute atomic E-state index is 11.5. The van der Waals surface area contributed by atoms with Gasteiger partial charge in [0.25, 0.3) is 0 Å². The maximum atomic E-state index is 11.5. The summed E-state index contributed by atoms with van der Waals surface area (Å²) in [5, 5.41) is 0. The van der Waals surface area contributed by atoms with Crippen LogP contribution in [0.25, 0.3) is 0 Å². The fourth-order valence-corrected chi connectivity index (χ4v) is 3.23. The normalized spacial score (nSPS) is 25.2. The number of nitrogens with two attached hydrogens (primary N) is 1. The number of hydrogen-bond donors (Lipinski definition) is 1. The molecule has 1 fully saturated rings. The summed E-state index contributed by atoms with van der Waals surface area (Å²) in [6.45, 7) is 1.02.